The average molecular weight is 2040 g/mol. The Balaban J connectivity index is 0.000000463. The van der Waals surface area contributed by atoms with Gasteiger partial charge in [-0.1, -0.05) is 486 Å². The summed E-state index contributed by atoms with van der Waals surface area (Å²) in [6.45, 7) is 25.1. The molecule has 0 aromatic heterocycles. The second-order valence-corrected chi connectivity index (χ2v) is 48.3. The highest BCUT2D eigenvalue weighted by atomic mass is 16.2. The molecule has 4 aliphatic heterocycles. The van der Waals surface area contributed by atoms with E-state index in [1.807, 2.05) is 0 Å². The molecule has 14 atom stereocenters. The Hall–Kier alpha value is -5.02. The zero-order valence-corrected chi connectivity index (χ0v) is 97.2. The van der Waals surface area contributed by atoms with Crippen LogP contribution in [0.3, 0.4) is 0 Å². The molecular formula is C130H232N6O10. The Morgan fingerprint density at radius 2 is 0.404 bits per heavy atom. The van der Waals surface area contributed by atoms with Gasteiger partial charge in [-0.3, -0.25) is 67.5 Å². The Bertz CT molecular complexity index is 3460. The van der Waals surface area contributed by atoms with Crippen LogP contribution in [0.2, 0.25) is 0 Å². The summed E-state index contributed by atoms with van der Waals surface area (Å²) in [6.07, 6.45) is 114. The van der Waals surface area contributed by atoms with Gasteiger partial charge in [-0.15, -0.1) is 0 Å². The summed E-state index contributed by atoms with van der Waals surface area (Å²) in [5.74, 6) is 9.31. The predicted octanol–water partition coefficient (Wildman–Crippen LogP) is 35.1. The lowest BCUT2D eigenvalue weighted by atomic mass is 9.61. The molecule has 2 saturated heterocycles. The normalized spacial score (nSPS) is 22.8. The van der Waals surface area contributed by atoms with E-state index >= 15 is 0 Å². The molecule has 7 aliphatic rings. The molecule has 5 fully saturated rings. The first kappa shape index (κ1) is 130. The first-order chi connectivity index (χ1) is 71.3. The van der Waals surface area contributed by atoms with Crippen LogP contribution >= 0.6 is 0 Å². The zero-order valence-electron chi connectivity index (χ0n) is 97.2. The largest absolute Gasteiger partial charge is 0.330 e. The molecule has 3 saturated carbocycles. The molecular weight excluding hydrogens is 1810 g/mol. The van der Waals surface area contributed by atoms with Gasteiger partial charge < -0.3 is 9.80 Å². The van der Waals surface area contributed by atoms with E-state index in [2.05, 4.69) is 55.4 Å². The van der Waals surface area contributed by atoms with Gasteiger partial charge in [0.1, 0.15) is 12.1 Å². The molecule has 842 valence electrons. The van der Waals surface area contributed by atoms with Gasteiger partial charge in [-0.05, 0) is 180 Å². The number of carbonyl (C=O) groups is 10. The van der Waals surface area contributed by atoms with Gasteiger partial charge >= 0.3 is 0 Å². The number of imide groups is 4. The Morgan fingerprint density at radius 1 is 0.226 bits per heavy atom. The highest BCUT2D eigenvalue weighted by Gasteiger charge is 2.46. The number of carbonyl (C=O) groups excluding carboxylic acids is 10. The van der Waals surface area contributed by atoms with E-state index < -0.39 is 12.1 Å². The quantitative estimate of drug-likeness (QED) is 0.0418. The van der Waals surface area contributed by atoms with Crippen LogP contribution in [-0.2, 0) is 47.9 Å². The third-order valence-electron chi connectivity index (χ3n) is 36.9. The number of hydrogen-bond donors (Lipinski definition) is 0. The van der Waals surface area contributed by atoms with E-state index in [-0.39, 0.29) is 71.9 Å². The Morgan fingerprint density at radius 3 is 0.637 bits per heavy atom. The van der Waals surface area contributed by atoms with E-state index in [9.17, 15) is 47.9 Å². The molecule has 10 amide bonds. The standard InChI is InChI=1S/C75H135N3O5.C55H97N3O5/c1-7-11-15-19-28-39-49-68-64(45-35-17-13-9-3)53-52-62(5)67(68)48-38-30-22-25-32-42-58-76(63(6)79)71-61-74(82)78(75(71)83)60-44-34-26-23-31-41-51-70-66(47-37-27-21-24-33-43-59-77-72(80)56-57-73(77)81)55-54-65(46-36-18-14-10-4)69(70)50-40-29-20-16-12-8-2;1-5-8-11-14-18-24-31-42-56(46(4)59)51-45-54(62)58(55(51)63)44-33-26-20-17-23-30-37-50-48(35-28-21-16-19-25-32-43-57-52(60)40-41-53(57)61)39-38-47(34-27-13-10-7-3)49(50)36-29-22-15-12-9-6-2/h56-57,62,64-71H,7-55,58-61H2,1-6H3;40-41,47-51H,5-39,42-45H2,1-4H3. The van der Waals surface area contributed by atoms with Crippen LogP contribution < -0.4 is 0 Å². The molecule has 16 nitrogen and oxygen atoms in total. The maximum Gasteiger partial charge on any atom is 0.253 e. The molecule has 0 radical (unpaired) electrons. The SMILES string of the molecule is CCCCCCCCC1C(CCCCCC)CCC(C)C1CCCCCCCCN(C(C)=O)C1CC(=O)N(CCCCCCCCC2C(CCCCCCCCN3C(=O)C=CC3=O)CCC(CCCCCC)C2CCCCCCCC)C1=O.CCCCCCCCCN(C(C)=O)C1CC(=O)N(CCCCCCCCC2C(CCCCCCCCN3C(=O)C=CC3=O)CCC(CCCCCC)C2CCCCCCCC)C1=O. The van der Waals surface area contributed by atoms with Crippen molar-refractivity contribution >= 4 is 59.1 Å². The summed E-state index contributed by atoms with van der Waals surface area (Å²) in [7, 11) is 0. The molecule has 14 unspecified atom stereocenters. The van der Waals surface area contributed by atoms with Crippen molar-refractivity contribution in [2.45, 2.75) is 634 Å². The number of hydrogen-bond acceptors (Lipinski definition) is 10. The first-order valence-electron chi connectivity index (χ1n) is 64.6. The van der Waals surface area contributed by atoms with Gasteiger partial charge in [0, 0.05) is 77.4 Å². The first-order valence-corrected chi connectivity index (χ1v) is 64.6. The van der Waals surface area contributed by atoms with E-state index in [0.29, 0.717) is 39.3 Å². The fraction of sp³-hybridized carbons (Fsp3) is 0.892. The van der Waals surface area contributed by atoms with E-state index in [1.54, 1.807) is 16.7 Å². The number of nitrogens with zero attached hydrogens (tertiary/aromatic N) is 6. The molecule has 3 aliphatic carbocycles. The van der Waals surface area contributed by atoms with Crippen molar-refractivity contribution in [2.75, 3.05) is 39.3 Å². The molecule has 0 N–H and O–H groups in total. The topological polar surface area (TPSA) is 190 Å². The van der Waals surface area contributed by atoms with Crippen molar-refractivity contribution in [1.29, 1.82) is 0 Å². The van der Waals surface area contributed by atoms with E-state index in [4.69, 9.17) is 0 Å². The zero-order chi connectivity index (χ0) is 105. The fourth-order valence-corrected chi connectivity index (χ4v) is 28.1. The summed E-state index contributed by atoms with van der Waals surface area (Å²) in [5.41, 5.74) is 0. The van der Waals surface area contributed by atoms with Gasteiger partial charge in [-0.2, -0.15) is 0 Å². The predicted molar refractivity (Wildman–Crippen MR) is 612 cm³/mol. The Kier molecular flexibility index (Phi) is 73.3. The van der Waals surface area contributed by atoms with Crippen molar-refractivity contribution < 1.29 is 47.9 Å². The highest BCUT2D eigenvalue weighted by Crippen LogP contribution is 2.51. The lowest BCUT2D eigenvalue weighted by molar-refractivity contribution is -0.144. The van der Waals surface area contributed by atoms with Gasteiger partial charge in [-0.25, -0.2) is 0 Å². The van der Waals surface area contributed by atoms with Crippen molar-refractivity contribution in [3.05, 3.63) is 24.3 Å². The number of amides is 10. The minimum atomic E-state index is -0.627. The number of unbranched alkanes of at least 4 members (excludes halogenated alkanes) is 55. The molecule has 0 spiro atoms. The fourth-order valence-electron chi connectivity index (χ4n) is 28.1. The van der Waals surface area contributed by atoms with Crippen LogP contribution in [0.1, 0.15) is 621 Å². The molecule has 0 bridgehead atoms. The van der Waals surface area contributed by atoms with Gasteiger partial charge in [0.15, 0.2) is 0 Å². The summed E-state index contributed by atoms with van der Waals surface area (Å²) in [5, 5.41) is 0. The van der Waals surface area contributed by atoms with Crippen LogP contribution in [0.15, 0.2) is 24.3 Å². The van der Waals surface area contributed by atoms with Crippen molar-refractivity contribution in [3.63, 3.8) is 0 Å². The monoisotopic (exact) mass is 2040 g/mol. The van der Waals surface area contributed by atoms with Crippen LogP contribution in [0.4, 0.5) is 0 Å². The second kappa shape index (κ2) is 82.5. The summed E-state index contributed by atoms with van der Waals surface area (Å²) in [6, 6.07) is -1.24. The average Bonchev–Trinajstić information content (AvgIpc) is 1.56. The van der Waals surface area contributed by atoms with Gasteiger partial charge in [0.05, 0.1) is 12.8 Å². The van der Waals surface area contributed by atoms with Crippen molar-refractivity contribution in [3.8, 4) is 0 Å². The third-order valence-corrected chi connectivity index (χ3v) is 36.9. The minimum absolute atomic E-state index is 0.0794. The number of rotatable bonds is 91. The van der Waals surface area contributed by atoms with Gasteiger partial charge in [0.2, 0.25) is 23.6 Å². The van der Waals surface area contributed by atoms with E-state index in [1.165, 1.54) is 494 Å². The molecule has 0 aromatic carbocycles. The molecule has 4 heterocycles. The highest BCUT2D eigenvalue weighted by molar-refractivity contribution is 6.13. The smallest absolute Gasteiger partial charge is 0.253 e. The molecule has 146 heavy (non-hydrogen) atoms. The summed E-state index contributed by atoms with van der Waals surface area (Å²) >= 11 is 0. The van der Waals surface area contributed by atoms with Crippen molar-refractivity contribution in [1.82, 2.24) is 29.4 Å². The van der Waals surface area contributed by atoms with Crippen molar-refractivity contribution in [2.24, 2.45) is 71.0 Å². The van der Waals surface area contributed by atoms with Crippen LogP contribution in [0.5, 0.6) is 0 Å². The second-order valence-electron chi connectivity index (χ2n) is 48.3. The van der Waals surface area contributed by atoms with Crippen LogP contribution in [-0.4, -0.2) is 140 Å². The van der Waals surface area contributed by atoms with Gasteiger partial charge in [0.25, 0.3) is 35.4 Å². The lowest BCUT2D eigenvalue weighted by Gasteiger charge is -2.44. The van der Waals surface area contributed by atoms with Crippen LogP contribution in [0.25, 0.3) is 0 Å². The number of likely N-dealkylation sites (tertiary alicyclic amines) is 2. The summed E-state index contributed by atoms with van der Waals surface area (Å²) in [4.78, 5) is 136. The van der Waals surface area contributed by atoms with E-state index in [0.717, 1.165) is 167 Å². The lowest BCUT2D eigenvalue weighted by Crippen LogP contribution is -2.45. The molecule has 16 heteroatoms. The molecule has 0 aromatic rings. The third kappa shape index (κ3) is 51.8. The van der Waals surface area contributed by atoms with Crippen LogP contribution in [0, 0.1) is 71.0 Å². The summed E-state index contributed by atoms with van der Waals surface area (Å²) < 4.78 is 0. The molecule has 7 rings (SSSR count). The maximum atomic E-state index is 13.8. The maximum absolute atomic E-state index is 13.8. The minimum Gasteiger partial charge on any atom is -0.330 e. The Labute approximate surface area is 899 Å².